The fourth-order valence-corrected chi connectivity index (χ4v) is 2.30. The molecule has 0 aliphatic heterocycles. The average molecular weight is 225 g/mol. The molecule has 0 saturated heterocycles. The molecule has 1 aliphatic carbocycles. The van der Waals surface area contributed by atoms with Crippen LogP contribution in [-0.2, 0) is 4.74 Å². The van der Waals surface area contributed by atoms with Crippen LogP contribution in [0.5, 0.6) is 0 Å². The van der Waals surface area contributed by atoms with E-state index in [1.165, 1.54) is 0 Å². The van der Waals surface area contributed by atoms with Gasteiger partial charge in [-0.15, -0.1) is 0 Å². The van der Waals surface area contributed by atoms with Gasteiger partial charge in [-0.2, -0.15) is 13.2 Å². The zero-order valence-electron chi connectivity index (χ0n) is 9.32. The molecule has 0 amide bonds. The Morgan fingerprint density at radius 2 is 2.00 bits per heavy atom. The molecule has 2 unspecified atom stereocenters. The van der Waals surface area contributed by atoms with E-state index in [9.17, 15) is 13.2 Å². The van der Waals surface area contributed by atoms with Gasteiger partial charge in [-0.1, -0.05) is 13.8 Å². The standard InChI is InChI=1S/C10H18F3NO/c1-9(2)5-4-7(8(9)14-3)15-6-10(11,12)13/h7-8,14H,4-6H2,1-3H3. The molecule has 2 nitrogen and oxygen atoms in total. The lowest BCUT2D eigenvalue weighted by atomic mass is 9.87. The molecule has 5 heteroatoms. The Balaban J connectivity index is 2.50. The van der Waals surface area contributed by atoms with Gasteiger partial charge in [0.2, 0.25) is 0 Å². The van der Waals surface area contributed by atoms with Crippen LogP contribution >= 0.6 is 0 Å². The third kappa shape index (κ3) is 3.34. The van der Waals surface area contributed by atoms with Gasteiger partial charge in [-0.05, 0) is 25.3 Å². The van der Waals surface area contributed by atoms with Gasteiger partial charge in [0.25, 0.3) is 0 Å². The third-order valence-corrected chi connectivity index (χ3v) is 3.06. The van der Waals surface area contributed by atoms with Crippen molar-refractivity contribution in [3.8, 4) is 0 Å². The van der Waals surface area contributed by atoms with Gasteiger partial charge in [0.1, 0.15) is 6.61 Å². The lowest BCUT2D eigenvalue weighted by Gasteiger charge is -2.30. The average Bonchev–Trinajstić information content (AvgIpc) is 2.35. The summed E-state index contributed by atoms with van der Waals surface area (Å²) < 4.78 is 40.9. The van der Waals surface area contributed by atoms with E-state index < -0.39 is 12.8 Å². The van der Waals surface area contributed by atoms with Gasteiger partial charge in [0.05, 0.1) is 6.10 Å². The molecule has 1 N–H and O–H groups in total. The molecule has 0 spiro atoms. The number of ether oxygens (including phenoxy) is 1. The summed E-state index contributed by atoms with van der Waals surface area (Å²) in [6, 6.07) is -0.000139. The minimum absolute atomic E-state index is 0.000139. The van der Waals surface area contributed by atoms with Crippen molar-refractivity contribution in [2.24, 2.45) is 5.41 Å². The quantitative estimate of drug-likeness (QED) is 0.796. The first-order valence-corrected chi connectivity index (χ1v) is 5.12. The molecule has 90 valence electrons. The molecule has 1 rings (SSSR count). The van der Waals surface area contributed by atoms with Crippen LogP contribution in [0.1, 0.15) is 26.7 Å². The Hall–Kier alpha value is -0.290. The molecule has 0 aromatic heterocycles. The van der Waals surface area contributed by atoms with E-state index in [1.807, 2.05) is 13.8 Å². The maximum Gasteiger partial charge on any atom is 0.411 e. The van der Waals surface area contributed by atoms with Crippen LogP contribution in [0.2, 0.25) is 0 Å². The summed E-state index contributed by atoms with van der Waals surface area (Å²) in [5.74, 6) is 0. The summed E-state index contributed by atoms with van der Waals surface area (Å²) in [6.45, 7) is 2.95. The molecule has 2 atom stereocenters. The lowest BCUT2D eigenvalue weighted by molar-refractivity contribution is -0.187. The molecular formula is C10H18F3NO. The van der Waals surface area contributed by atoms with Crippen LogP contribution in [0.4, 0.5) is 13.2 Å². The second-order valence-corrected chi connectivity index (χ2v) is 4.76. The highest BCUT2D eigenvalue weighted by molar-refractivity contribution is 4.96. The van der Waals surface area contributed by atoms with E-state index in [4.69, 9.17) is 4.74 Å². The number of alkyl halides is 3. The summed E-state index contributed by atoms with van der Waals surface area (Å²) in [7, 11) is 1.77. The summed E-state index contributed by atoms with van der Waals surface area (Å²) in [5.41, 5.74) is 0.00498. The van der Waals surface area contributed by atoms with Gasteiger partial charge >= 0.3 is 6.18 Å². The Morgan fingerprint density at radius 1 is 1.40 bits per heavy atom. The Kier molecular flexibility index (Phi) is 3.66. The van der Waals surface area contributed by atoms with E-state index in [0.29, 0.717) is 6.42 Å². The van der Waals surface area contributed by atoms with E-state index in [2.05, 4.69) is 5.32 Å². The fraction of sp³-hybridized carbons (Fsp3) is 1.00. The minimum atomic E-state index is -4.23. The number of hydrogen-bond acceptors (Lipinski definition) is 2. The van der Waals surface area contributed by atoms with Gasteiger partial charge in [0.15, 0.2) is 0 Å². The maximum atomic E-state index is 12.0. The van der Waals surface area contributed by atoms with Crippen molar-refractivity contribution >= 4 is 0 Å². The highest BCUT2D eigenvalue weighted by Crippen LogP contribution is 2.39. The SMILES string of the molecule is CNC1C(OCC(F)(F)F)CCC1(C)C. The minimum Gasteiger partial charge on any atom is -0.367 e. The van der Waals surface area contributed by atoms with Crippen molar-refractivity contribution in [1.29, 1.82) is 0 Å². The second-order valence-electron chi connectivity index (χ2n) is 4.76. The topological polar surface area (TPSA) is 21.3 Å². The summed E-state index contributed by atoms with van der Waals surface area (Å²) in [6.07, 6.45) is -2.98. The van der Waals surface area contributed by atoms with Crippen molar-refractivity contribution in [2.45, 2.75) is 45.0 Å². The van der Waals surface area contributed by atoms with E-state index in [-0.39, 0.29) is 17.6 Å². The predicted molar refractivity (Wildman–Crippen MR) is 51.7 cm³/mol. The molecule has 1 fully saturated rings. The number of likely N-dealkylation sites (N-methyl/N-ethyl adjacent to an activating group) is 1. The zero-order chi connectivity index (χ0) is 11.7. The second kappa shape index (κ2) is 4.29. The van der Waals surface area contributed by atoms with Crippen LogP contribution in [0.3, 0.4) is 0 Å². The lowest BCUT2D eigenvalue weighted by Crippen LogP contribution is -2.44. The fourth-order valence-electron chi connectivity index (χ4n) is 2.30. The van der Waals surface area contributed by atoms with Crippen LogP contribution in [0.25, 0.3) is 0 Å². The van der Waals surface area contributed by atoms with Crippen LogP contribution in [-0.4, -0.2) is 32.0 Å². The first kappa shape index (κ1) is 12.8. The highest BCUT2D eigenvalue weighted by atomic mass is 19.4. The van der Waals surface area contributed by atoms with E-state index in [1.54, 1.807) is 7.05 Å². The van der Waals surface area contributed by atoms with Crippen LogP contribution in [0.15, 0.2) is 0 Å². The molecular weight excluding hydrogens is 207 g/mol. The maximum absolute atomic E-state index is 12.0. The van der Waals surface area contributed by atoms with E-state index >= 15 is 0 Å². The predicted octanol–water partition coefficient (Wildman–Crippen LogP) is 2.34. The van der Waals surface area contributed by atoms with Crippen molar-refractivity contribution < 1.29 is 17.9 Å². The smallest absolute Gasteiger partial charge is 0.367 e. The molecule has 15 heavy (non-hydrogen) atoms. The number of hydrogen-bond donors (Lipinski definition) is 1. The van der Waals surface area contributed by atoms with Gasteiger partial charge in [-0.25, -0.2) is 0 Å². The van der Waals surface area contributed by atoms with Crippen molar-refractivity contribution in [1.82, 2.24) is 5.32 Å². The van der Waals surface area contributed by atoms with Crippen LogP contribution in [0, 0.1) is 5.41 Å². The normalized spacial score (nSPS) is 30.8. The van der Waals surface area contributed by atoms with Gasteiger partial charge < -0.3 is 10.1 Å². The molecule has 0 bridgehead atoms. The van der Waals surface area contributed by atoms with Crippen molar-refractivity contribution in [3.05, 3.63) is 0 Å². The van der Waals surface area contributed by atoms with E-state index in [0.717, 1.165) is 6.42 Å². The molecule has 0 heterocycles. The Labute approximate surface area is 88.2 Å². The number of nitrogens with one attached hydrogen (secondary N) is 1. The Morgan fingerprint density at radius 3 is 2.47 bits per heavy atom. The largest absolute Gasteiger partial charge is 0.411 e. The summed E-state index contributed by atoms with van der Waals surface area (Å²) in [4.78, 5) is 0. The first-order chi connectivity index (χ1) is 6.76. The van der Waals surface area contributed by atoms with Crippen molar-refractivity contribution in [2.75, 3.05) is 13.7 Å². The zero-order valence-corrected chi connectivity index (χ0v) is 9.32. The first-order valence-electron chi connectivity index (χ1n) is 5.12. The summed E-state index contributed by atoms with van der Waals surface area (Å²) >= 11 is 0. The Bertz CT molecular complexity index is 215. The molecule has 1 aliphatic rings. The van der Waals surface area contributed by atoms with Gasteiger partial charge in [-0.3, -0.25) is 0 Å². The number of halogens is 3. The third-order valence-electron chi connectivity index (χ3n) is 3.06. The van der Waals surface area contributed by atoms with Gasteiger partial charge in [0, 0.05) is 6.04 Å². The number of rotatable bonds is 3. The summed E-state index contributed by atoms with van der Waals surface area (Å²) in [5, 5.41) is 3.05. The monoisotopic (exact) mass is 225 g/mol. The van der Waals surface area contributed by atoms with Crippen LogP contribution < -0.4 is 5.32 Å². The molecule has 0 aromatic carbocycles. The van der Waals surface area contributed by atoms with Crippen molar-refractivity contribution in [3.63, 3.8) is 0 Å². The molecule has 0 radical (unpaired) electrons. The highest BCUT2D eigenvalue weighted by Gasteiger charge is 2.43. The molecule has 0 aromatic rings. The molecule has 1 saturated carbocycles.